The molecule has 26 heavy (non-hydrogen) atoms. The Bertz CT molecular complexity index is 904. The molecule has 2 unspecified atom stereocenters. The number of hydrogen-bond donors (Lipinski definition) is 2. The molecule has 2 N–H and O–H groups in total. The number of anilines is 1. The highest BCUT2D eigenvalue weighted by Crippen LogP contribution is 2.36. The van der Waals surface area contributed by atoms with Gasteiger partial charge in [-0.15, -0.1) is 11.6 Å². The summed E-state index contributed by atoms with van der Waals surface area (Å²) in [5.74, 6) is -0.447. The number of allylic oxidation sites excluding steroid dienone is 4. The summed E-state index contributed by atoms with van der Waals surface area (Å²) in [6.45, 7) is 2.04. The molecule has 0 heterocycles. The largest absolute Gasteiger partial charge is 0.507 e. The quantitative estimate of drug-likeness (QED) is 0.606. The lowest BCUT2D eigenvalue weighted by atomic mass is 9.87. The number of carbonyl (C=O) groups excluding carboxylic acids is 1. The number of alkyl halides is 1. The fourth-order valence-corrected chi connectivity index (χ4v) is 3.54. The maximum atomic E-state index is 12.3. The van der Waals surface area contributed by atoms with Crippen LogP contribution >= 0.6 is 34.8 Å². The molecule has 0 saturated carbocycles. The average Bonchev–Trinajstić information content (AvgIpc) is 2.58. The van der Waals surface area contributed by atoms with Gasteiger partial charge in [0.05, 0.1) is 10.9 Å². The Kier molecular flexibility index (Phi) is 5.61. The van der Waals surface area contributed by atoms with Crippen molar-refractivity contribution < 1.29 is 9.90 Å². The third kappa shape index (κ3) is 4.07. The number of aromatic hydroxyl groups is 1. The monoisotopic (exact) mass is 407 g/mol. The van der Waals surface area contributed by atoms with E-state index in [9.17, 15) is 9.90 Å². The molecule has 3 rings (SSSR count). The molecular weight excluding hydrogens is 393 g/mol. The molecule has 0 radical (unpaired) electrons. The van der Waals surface area contributed by atoms with Gasteiger partial charge in [0.25, 0.3) is 5.91 Å². The zero-order valence-corrected chi connectivity index (χ0v) is 16.1. The van der Waals surface area contributed by atoms with E-state index in [4.69, 9.17) is 34.8 Å². The van der Waals surface area contributed by atoms with E-state index in [1.165, 1.54) is 12.1 Å². The van der Waals surface area contributed by atoms with Crippen molar-refractivity contribution in [3.8, 4) is 5.75 Å². The second-order valence-electron chi connectivity index (χ2n) is 6.08. The number of amides is 1. The number of benzene rings is 2. The second kappa shape index (κ2) is 7.75. The van der Waals surface area contributed by atoms with Crippen LogP contribution in [0.5, 0.6) is 5.75 Å². The number of halogens is 3. The summed E-state index contributed by atoms with van der Waals surface area (Å²) in [7, 11) is 0. The lowest BCUT2D eigenvalue weighted by Crippen LogP contribution is -2.15. The molecule has 1 aliphatic carbocycles. The molecule has 2 aromatic rings. The highest BCUT2D eigenvalue weighted by Gasteiger charge is 2.22. The van der Waals surface area contributed by atoms with Crippen molar-refractivity contribution in [3.63, 3.8) is 0 Å². The van der Waals surface area contributed by atoms with Crippen LogP contribution in [0.15, 0.2) is 59.6 Å². The predicted octanol–water partition coefficient (Wildman–Crippen LogP) is 6.06. The van der Waals surface area contributed by atoms with E-state index in [2.05, 4.69) is 5.32 Å². The van der Waals surface area contributed by atoms with Gasteiger partial charge < -0.3 is 10.4 Å². The van der Waals surface area contributed by atoms with Crippen LogP contribution < -0.4 is 5.32 Å². The van der Waals surface area contributed by atoms with E-state index < -0.39 is 5.91 Å². The first-order valence-electron chi connectivity index (χ1n) is 7.98. The molecule has 2 aromatic carbocycles. The Morgan fingerprint density at radius 3 is 2.46 bits per heavy atom. The fourth-order valence-electron chi connectivity index (χ4n) is 2.78. The molecule has 2 atom stereocenters. The van der Waals surface area contributed by atoms with Crippen molar-refractivity contribution in [1.82, 2.24) is 0 Å². The average molecular weight is 409 g/mol. The normalized spacial score (nSPS) is 19.5. The summed E-state index contributed by atoms with van der Waals surface area (Å²) < 4.78 is 0. The zero-order valence-electron chi connectivity index (χ0n) is 13.8. The number of phenols is 1. The predicted molar refractivity (Wildman–Crippen MR) is 108 cm³/mol. The lowest BCUT2D eigenvalue weighted by Gasteiger charge is -2.23. The molecule has 134 valence electrons. The van der Waals surface area contributed by atoms with Crippen LogP contribution in [0, 0.1) is 5.92 Å². The number of rotatable bonds is 3. The fraction of sp³-hybridized carbons (Fsp3) is 0.150. The number of nitrogens with one attached hydrogen (secondary N) is 1. The van der Waals surface area contributed by atoms with E-state index in [-0.39, 0.29) is 22.6 Å². The van der Waals surface area contributed by atoms with E-state index in [1.807, 2.05) is 31.2 Å². The summed E-state index contributed by atoms with van der Waals surface area (Å²) in [5.41, 5.74) is 2.80. The number of carbonyl (C=O) groups is 1. The van der Waals surface area contributed by atoms with Crippen molar-refractivity contribution in [3.05, 3.63) is 75.8 Å². The second-order valence-corrected chi connectivity index (χ2v) is 7.45. The van der Waals surface area contributed by atoms with Crippen LogP contribution in [0.25, 0.3) is 5.57 Å². The molecule has 0 bridgehead atoms. The Morgan fingerprint density at radius 2 is 1.81 bits per heavy atom. The third-order valence-corrected chi connectivity index (χ3v) is 5.23. The Morgan fingerprint density at radius 1 is 1.12 bits per heavy atom. The Hall–Kier alpha value is -1.94. The molecule has 0 fully saturated rings. The molecule has 1 aliphatic rings. The smallest absolute Gasteiger partial charge is 0.259 e. The molecular formula is C20H16Cl3NO2. The standard InChI is InChI=1S/C20H16Cl3NO2/c1-11-17(8-14(22)9-18(11)23)12-2-5-15(6-3-12)24-20(26)16-7-4-13(21)10-19(16)25/h2-11,18,25H,1H3,(H,24,26). The van der Waals surface area contributed by atoms with Crippen molar-refractivity contribution >= 4 is 52.0 Å². The highest BCUT2D eigenvalue weighted by atomic mass is 35.5. The van der Waals surface area contributed by atoms with Gasteiger partial charge in [0, 0.05) is 21.7 Å². The van der Waals surface area contributed by atoms with Crippen molar-refractivity contribution in [1.29, 1.82) is 0 Å². The van der Waals surface area contributed by atoms with Crippen LogP contribution in [-0.4, -0.2) is 16.4 Å². The lowest BCUT2D eigenvalue weighted by molar-refractivity contribution is 0.102. The summed E-state index contributed by atoms with van der Waals surface area (Å²) in [6.07, 6.45) is 3.73. The van der Waals surface area contributed by atoms with Gasteiger partial charge in [-0.25, -0.2) is 0 Å². The van der Waals surface area contributed by atoms with Gasteiger partial charge >= 0.3 is 0 Å². The third-order valence-electron chi connectivity index (χ3n) is 4.26. The molecule has 1 amide bonds. The maximum Gasteiger partial charge on any atom is 0.259 e. The van der Waals surface area contributed by atoms with Gasteiger partial charge in [-0.2, -0.15) is 0 Å². The van der Waals surface area contributed by atoms with Crippen molar-refractivity contribution in [2.45, 2.75) is 12.3 Å². The van der Waals surface area contributed by atoms with Gasteiger partial charge in [0.1, 0.15) is 5.75 Å². The van der Waals surface area contributed by atoms with Gasteiger partial charge in [0.15, 0.2) is 0 Å². The molecule has 6 heteroatoms. The van der Waals surface area contributed by atoms with Crippen LogP contribution in [0.3, 0.4) is 0 Å². The van der Waals surface area contributed by atoms with Crippen molar-refractivity contribution in [2.24, 2.45) is 5.92 Å². The van der Waals surface area contributed by atoms with Gasteiger partial charge in [-0.05, 0) is 53.6 Å². The van der Waals surface area contributed by atoms with Gasteiger partial charge in [-0.1, -0.05) is 42.3 Å². The Labute approximate surface area is 166 Å². The molecule has 0 saturated heterocycles. The first-order valence-corrected chi connectivity index (χ1v) is 9.17. The van der Waals surface area contributed by atoms with Crippen LogP contribution in [-0.2, 0) is 0 Å². The molecule has 0 aromatic heterocycles. The van der Waals surface area contributed by atoms with E-state index in [1.54, 1.807) is 18.2 Å². The van der Waals surface area contributed by atoms with E-state index in [0.717, 1.165) is 11.1 Å². The molecule has 3 nitrogen and oxygen atoms in total. The molecule has 0 spiro atoms. The topological polar surface area (TPSA) is 49.3 Å². The summed E-state index contributed by atoms with van der Waals surface area (Å²) in [6, 6.07) is 11.8. The van der Waals surface area contributed by atoms with Gasteiger partial charge in [0.2, 0.25) is 0 Å². The minimum absolute atomic E-state index is 0.130. The SMILES string of the molecule is CC1C(c2ccc(NC(=O)c3ccc(Cl)cc3O)cc2)=CC(Cl)=CC1Cl. The number of phenolic OH excluding ortho intramolecular Hbond substituents is 1. The van der Waals surface area contributed by atoms with Crippen LogP contribution in [0.4, 0.5) is 5.69 Å². The van der Waals surface area contributed by atoms with Crippen LogP contribution in [0.1, 0.15) is 22.8 Å². The number of hydrogen-bond acceptors (Lipinski definition) is 2. The minimum atomic E-state index is -0.413. The minimum Gasteiger partial charge on any atom is -0.507 e. The molecule has 0 aliphatic heterocycles. The first kappa shape index (κ1) is 18.8. The van der Waals surface area contributed by atoms with E-state index >= 15 is 0 Å². The van der Waals surface area contributed by atoms with E-state index in [0.29, 0.717) is 15.7 Å². The Balaban J connectivity index is 1.78. The first-order chi connectivity index (χ1) is 12.3. The van der Waals surface area contributed by atoms with Crippen LogP contribution in [0.2, 0.25) is 5.02 Å². The highest BCUT2D eigenvalue weighted by molar-refractivity contribution is 6.33. The summed E-state index contributed by atoms with van der Waals surface area (Å²) in [4.78, 5) is 12.3. The maximum absolute atomic E-state index is 12.3. The van der Waals surface area contributed by atoms with Crippen molar-refractivity contribution in [2.75, 3.05) is 5.32 Å². The summed E-state index contributed by atoms with van der Waals surface area (Å²) in [5, 5.41) is 13.4. The summed E-state index contributed by atoms with van der Waals surface area (Å²) >= 11 is 18.2. The zero-order chi connectivity index (χ0) is 18.8. The van der Waals surface area contributed by atoms with Gasteiger partial charge in [-0.3, -0.25) is 4.79 Å².